The largest absolute Gasteiger partial charge is 0.493 e. The van der Waals surface area contributed by atoms with Gasteiger partial charge in [-0.05, 0) is 49.0 Å². The lowest BCUT2D eigenvalue weighted by atomic mass is 9.90. The second-order valence-corrected chi connectivity index (χ2v) is 17.6. The van der Waals surface area contributed by atoms with Crippen LogP contribution in [0.4, 0.5) is 10.5 Å². The molecule has 1 aromatic carbocycles. The third kappa shape index (κ3) is 7.41. The Hall–Kier alpha value is -3.38. The third-order valence-electron chi connectivity index (χ3n) is 8.90. The van der Waals surface area contributed by atoms with Crippen LogP contribution in [0.3, 0.4) is 0 Å². The van der Waals surface area contributed by atoms with Crippen molar-refractivity contribution in [1.29, 1.82) is 0 Å². The first-order valence-electron chi connectivity index (χ1n) is 14.9. The Morgan fingerprint density at radius 2 is 1.86 bits per heavy atom. The zero-order valence-electron chi connectivity index (χ0n) is 27.4. The number of amides is 3. The van der Waals surface area contributed by atoms with Gasteiger partial charge in [-0.25, -0.2) is 4.79 Å². The van der Waals surface area contributed by atoms with Gasteiger partial charge in [0.1, 0.15) is 5.56 Å². The molecule has 12 heteroatoms. The van der Waals surface area contributed by atoms with Crippen molar-refractivity contribution in [3.8, 4) is 11.5 Å². The molecule has 0 aromatic heterocycles. The highest BCUT2D eigenvalue weighted by Crippen LogP contribution is 2.39. The quantitative estimate of drug-likeness (QED) is 0.126. The molecule has 238 valence electrons. The number of hydrogen-bond acceptors (Lipinski definition) is 7. The Balaban J connectivity index is 2.06. The topological polar surface area (TPSA) is 115 Å². The normalized spacial score (nSPS) is 19.7. The van der Waals surface area contributed by atoms with Crippen LogP contribution in [0.2, 0.25) is 18.1 Å². The molecule has 43 heavy (non-hydrogen) atoms. The highest BCUT2D eigenvalue weighted by atomic mass is 28.4. The number of unbranched alkanes of at least 4 members (excludes halogenated alkanes) is 1. The van der Waals surface area contributed by atoms with Crippen LogP contribution in [0.1, 0.15) is 64.2 Å². The van der Waals surface area contributed by atoms with E-state index in [0.29, 0.717) is 19.6 Å². The zero-order valence-corrected chi connectivity index (χ0v) is 28.4. The average molecular weight is 617 g/mol. The van der Waals surface area contributed by atoms with Crippen LogP contribution in [-0.4, -0.2) is 92.9 Å². The zero-order chi connectivity index (χ0) is 32.3. The van der Waals surface area contributed by atoms with E-state index in [1.54, 1.807) is 28.8 Å². The molecule has 0 saturated carbocycles. The van der Waals surface area contributed by atoms with E-state index >= 15 is 0 Å². The van der Waals surface area contributed by atoms with Crippen molar-refractivity contribution in [3.05, 3.63) is 51.2 Å². The summed E-state index contributed by atoms with van der Waals surface area (Å²) in [6.45, 7) is 15.7. The molecule has 2 aliphatic heterocycles. The number of nitrogens with zero attached hydrogens (tertiary/aromatic N) is 4. The number of benzene rings is 1. The number of rotatable bonds is 11. The lowest BCUT2D eigenvalue weighted by molar-refractivity contribution is -0.385. The van der Waals surface area contributed by atoms with Crippen LogP contribution in [0.5, 0.6) is 11.5 Å². The van der Waals surface area contributed by atoms with Gasteiger partial charge in [0, 0.05) is 32.9 Å². The van der Waals surface area contributed by atoms with Gasteiger partial charge in [0.05, 0.1) is 43.4 Å². The van der Waals surface area contributed by atoms with Crippen molar-refractivity contribution in [2.75, 3.05) is 41.0 Å². The number of carbonyl (C=O) groups is 2. The first kappa shape index (κ1) is 34.1. The van der Waals surface area contributed by atoms with Gasteiger partial charge >= 0.3 is 6.03 Å². The van der Waals surface area contributed by atoms with Gasteiger partial charge in [-0.1, -0.05) is 40.2 Å². The monoisotopic (exact) mass is 616 g/mol. The average Bonchev–Trinajstić information content (AvgIpc) is 2.95. The minimum Gasteiger partial charge on any atom is -0.493 e. The van der Waals surface area contributed by atoms with Gasteiger partial charge in [0.2, 0.25) is 0 Å². The van der Waals surface area contributed by atoms with Gasteiger partial charge in [0.25, 0.3) is 11.6 Å². The molecule has 2 heterocycles. The highest BCUT2D eigenvalue weighted by Gasteiger charge is 2.40. The van der Waals surface area contributed by atoms with Crippen LogP contribution in [0.25, 0.3) is 0 Å². The molecular weight excluding hydrogens is 568 g/mol. The summed E-state index contributed by atoms with van der Waals surface area (Å²) < 4.78 is 17.9. The minimum atomic E-state index is -2.19. The van der Waals surface area contributed by atoms with Crippen LogP contribution >= 0.6 is 0 Å². The summed E-state index contributed by atoms with van der Waals surface area (Å²) in [5.74, 6) is 0.0301. The van der Waals surface area contributed by atoms with E-state index < -0.39 is 25.2 Å². The maximum atomic E-state index is 14.2. The molecule has 0 N–H and O–H groups in total. The Morgan fingerprint density at radius 3 is 2.44 bits per heavy atom. The van der Waals surface area contributed by atoms with E-state index in [9.17, 15) is 19.7 Å². The summed E-state index contributed by atoms with van der Waals surface area (Å²) >= 11 is 0. The molecule has 0 spiro atoms. The van der Waals surface area contributed by atoms with Crippen molar-refractivity contribution in [2.24, 2.45) is 0 Å². The molecule has 0 aliphatic carbocycles. The predicted molar refractivity (Wildman–Crippen MR) is 169 cm³/mol. The second kappa shape index (κ2) is 13.5. The summed E-state index contributed by atoms with van der Waals surface area (Å²) in [5, 5.41) is 12.1. The van der Waals surface area contributed by atoms with Crippen molar-refractivity contribution in [3.63, 3.8) is 0 Å². The molecule has 0 bridgehead atoms. The number of methoxy groups -OCH3 is 1. The molecular formula is C31H48N4O7Si. The first-order chi connectivity index (χ1) is 20.0. The fourth-order valence-electron chi connectivity index (χ4n) is 4.92. The SMILES string of the molecule is CCCCOc1cc([N+](=O)[O-])c(C(=O)N2CCC(C3=CN(C)C(=O)N(C)C3C)=C[C@H]2CO[Si](C)(C)C(C)(C)C)cc1OC. The smallest absolute Gasteiger partial charge is 0.323 e. The number of ether oxygens (including phenoxy) is 2. The predicted octanol–water partition coefficient (Wildman–Crippen LogP) is 6.21. The summed E-state index contributed by atoms with van der Waals surface area (Å²) in [5.41, 5.74) is 1.63. The maximum absolute atomic E-state index is 14.2. The Morgan fingerprint density at radius 1 is 1.19 bits per heavy atom. The van der Waals surface area contributed by atoms with Crippen LogP contribution in [0, 0.1) is 10.1 Å². The number of likely N-dealkylation sites (N-methyl/N-ethyl adjacent to an activating group) is 1. The maximum Gasteiger partial charge on any atom is 0.323 e. The fraction of sp³-hybridized carbons (Fsp3) is 0.613. The lowest BCUT2D eigenvalue weighted by Crippen LogP contribution is -2.50. The van der Waals surface area contributed by atoms with Crippen molar-refractivity contribution < 1.29 is 28.4 Å². The van der Waals surface area contributed by atoms with Gasteiger partial charge < -0.3 is 28.6 Å². The van der Waals surface area contributed by atoms with Crippen molar-refractivity contribution in [1.82, 2.24) is 14.7 Å². The molecule has 2 aliphatic rings. The van der Waals surface area contributed by atoms with Gasteiger partial charge in [0.15, 0.2) is 19.8 Å². The number of nitro groups is 1. The highest BCUT2D eigenvalue weighted by molar-refractivity contribution is 6.74. The summed E-state index contributed by atoms with van der Waals surface area (Å²) in [4.78, 5) is 43.2. The molecule has 2 atom stereocenters. The van der Waals surface area contributed by atoms with Crippen LogP contribution < -0.4 is 9.47 Å². The molecule has 3 amide bonds. The summed E-state index contributed by atoms with van der Waals surface area (Å²) in [6, 6.07) is 1.98. The van der Waals surface area contributed by atoms with Gasteiger partial charge in [-0.3, -0.25) is 14.9 Å². The van der Waals surface area contributed by atoms with E-state index in [1.807, 2.05) is 26.1 Å². The van der Waals surface area contributed by atoms with Crippen LogP contribution in [0.15, 0.2) is 35.6 Å². The molecule has 0 radical (unpaired) electrons. The van der Waals surface area contributed by atoms with E-state index in [1.165, 1.54) is 19.2 Å². The Bertz CT molecular complexity index is 1290. The molecule has 11 nitrogen and oxygen atoms in total. The first-order valence-corrected chi connectivity index (χ1v) is 17.8. The molecule has 1 unspecified atom stereocenters. The van der Waals surface area contributed by atoms with Gasteiger partial charge in [-0.2, -0.15) is 0 Å². The fourth-order valence-corrected chi connectivity index (χ4v) is 5.94. The number of hydrogen-bond donors (Lipinski definition) is 0. The van der Waals surface area contributed by atoms with E-state index in [2.05, 4.69) is 33.9 Å². The van der Waals surface area contributed by atoms with E-state index in [0.717, 1.165) is 24.0 Å². The number of urea groups is 1. The lowest BCUT2D eigenvalue weighted by Gasteiger charge is -2.42. The molecule has 0 fully saturated rings. The van der Waals surface area contributed by atoms with E-state index in [4.69, 9.17) is 13.9 Å². The Labute approximate surface area is 256 Å². The van der Waals surface area contributed by atoms with E-state index in [-0.39, 0.29) is 46.5 Å². The number of carbonyl (C=O) groups excluding carboxylic acids is 2. The van der Waals surface area contributed by atoms with Crippen molar-refractivity contribution >= 4 is 25.9 Å². The number of nitro benzene ring substituents is 1. The standard InChI is InChI=1S/C31H48N4O7Si/c1-11-12-15-41-28-18-26(35(38)39)24(17-27(28)40-8)29(36)34-14-13-22(25-19-32(6)30(37)33(7)21(25)2)16-23(34)20-42-43(9,10)31(3,4)5/h16-19,21,23H,11-15,20H2,1-10H3/t21?,23-/m0/s1. The summed E-state index contributed by atoms with van der Waals surface area (Å²) in [6.07, 6.45) is 6.10. The molecule has 0 saturated heterocycles. The summed E-state index contributed by atoms with van der Waals surface area (Å²) in [7, 11) is 2.76. The van der Waals surface area contributed by atoms with Crippen LogP contribution in [-0.2, 0) is 4.43 Å². The van der Waals surface area contributed by atoms with Gasteiger partial charge in [-0.15, -0.1) is 0 Å². The minimum absolute atomic E-state index is 0.0466. The van der Waals surface area contributed by atoms with Crippen molar-refractivity contribution in [2.45, 2.75) is 84.1 Å². The second-order valence-electron chi connectivity index (χ2n) is 12.8. The third-order valence-corrected chi connectivity index (χ3v) is 13.4. The molecule has 1 aromatic rings. The Kier molecular flexibility index (Phi) is 10.7. The molecule has 3 rings (SSSR count).